The first kappa shape index (κ1) is 19.9. The lowest BCUT2D eigenvalue weighted by molar-refractivity contribution is 0.0949. The van der Waals surface area contributed by atoms with E-state index in [9.17, 15) is 9.59 Å². The second-order valence-electron chi connectivity index (χ2n) is 7.57. The van der Waals surface area contributed by atoms with Gasteiger partial charge in [0.25, 0.3) is 5.91 Å². The van der Waals surface area contributed by atoms with Gasteiger partial charge in [-0.2, -0.15) is 0 Å². The van der Waals surface area contributed by atoms with Crippen LogP contribution < -0.4 is 15.7 Å². The second kappa shape index (κ2) is 8.58. The highest BCUT2D eigenvalue weighted by Gasteiger charge is 2.31. The van der Waals surface area contributed by atoms with Crippen molar-refractivity contribution in [3.05, 3.63) is 89.0 Å². The van der Waals surface area contributed by atoms with Gasteiger partial charge in [-0.15, -0.1) is 5.10 Å². The molecule has 1 fully saturated rings. The molecule has 0 aliphatic heterocycles. The monoisotopic (exact) mass is 430 g/mol. The van der Waals surface area contributed by atoms with Gasteiger partial charge in [0, 0.05) is 12.6 Å². The van der Waals surface area contributed by atoms with Gasteiger partial charge < -0.3 is 14.5 Å². The molecule has 1 aliphatic carbocycles. The number of carbonyl (C=O) groups is 1. The Balaban J connectivity index is 1.28. The maximum Gasteiger partial charge on any atom is 0.346 e. The summed E-state index contributed by atoms with van der Waals surface area (Å²) in [5, 5.41) is 7.31. The van der Waals surface area contributed by atoms with Gasteiger partial charge in [-0.05, 0) is 49.2 Å². The molecule has 162 valence electrons. The molecule has 5 rings (SSSR count). The first-order valence-corrected chi connectivity index (χ1v) is 10.5. The molecule has 0 unspecified atom stereocenters. The average molecular weight is 430 g/mol. The summed E-state index contributed by atoms with van der Waals surface area (Å²) in [6.45, 7) is 0.497. The SMILES string of the molecule is O=C(NCCn1nc(-c2ccco2)n(C2CC2)c1=O)c1ccccc1Oc1ccccc1. The largest absolute Gasteiger partial charge is 0.461 e. The van der Waals surface area contributed by atoms with E-state index in [2.05, 4.69) is 10.4 Å². The average Bonchev–Trinajstić information content (AvgIpc) is 3.38. The Hall–Kier alpha value is -4.07. The van der Waals surface area contributed by atoms with Crippen molar-refractivity contribution in [3.8, 4) is 23.1 Å². The highest BCUT2D eigenvalue weighted by molar-refractivity contribution is 5.97. The highest BCUT2D eigenvalue weighted by Crippen LogP contribution is 2.36. The normalized spacial score (nSPS) is 13.1. The van der Waals surface area contributed by atoms with Gasteiger partial charge in [0.05, 0.1) is 18.4 Å². The molecular formula is C24H22N4O4. The number of rotatable bonds is 8. The Morgan fingerprint density at radius 3 is 2.59 bits per heavy atom. The molecule has 0 radical (unpaired) electrons. The van der Waals surface area contributed by atoms with Crippen LogP contribution in [0.5, 0.6) is 11.5 Å². The molecule has 0 atom stereocenters. The summed E-state index contributed by atoms with van der Waals surface area (Å²) in [5.41, 5.74) is 0.226. The Morgan fingerprint density at radius 1 is 1.06 bits per heavy atom. The molecule has 0 spiro atoms. The number of hydrogen-bond acceptors (Lipinski definition) is 5. The fourth-order valence-electron chi connectivity index (χ4n) is 3.53. The summed E-state index contributed by atoms with van der Waals surface area (Å²) in [7, 11) is 0. The molecular weight excluding hydrogens is 408 g/mol. The summed E-state index contributed by atoms with van der Waals surface area (Å²) >= 11 is 0. The van der Waals surface area contributed by atoms with Crippen LogP contribution in [0.2, 0.25) is 0 Å². The molecule has 4 aromatic rings. The Kier molecular flexibility index (Phi) is 5.33. The van der Waals surface area contributed by atoms with Crippen LogP contribution in [0.4, 0.5) is 0 Å². The van der Waals surface area contributed by atoms with E-state index in [1.54, 1.807) is 41.2 Å². The van der Waals surface area contributed by atoms with E-state index in [1.807, 2.05) is 36.4 Å². The number of nitrogens with zero attached hydrogens (tertiary/aromatic N) is 3. The van der Waals surface area contributed by atoms with E-state index in [0.717, 1.165) is 12.8 Å². The quantitative estimate of drug-likeness (QED) is 0.458. The lowest BCUT2D eigenvalue weighted by Crippen LogP contribution is -2.32. The highest BCUT2D eigenvalue weighted by atomic mass is 16.5. The van der Waals surface area contributed by atoms with Crippen molar-refractivity contribution in [1.29, 1.82) is 0 Å². The minimum absolute atomic E-state index is 0.160. The smallest absolute Gasteiger partial charge is 0.346 e. The van der Waals surface area contributed by atoms with E-state index in [0.29, 0.717) is 28.6 Å². The van der Waals surface area contributed by atoms with E-state index < -0.39 is 0 Å². The summed E-state index contributed by atoms with van der Waals surface area (Å²) in [4.78, 5) is 25.6. The summed E-state index contributed by atoms with van der Waals surface area (Å²) in [6, 6.07) is 20.1. The number of para-hydroxylation sites is 2. The fourth-order valence-corrected chi connectivity index (χ4v) is 3.53. The van der Waals surface area contributed by atoms with Gasteiger partial charge in [0.1, 0.15) is 11.5 Å². The minimum atomic E-state index is -0.280. The molecule has 32 heavy (non-hydrogen) atoms. The van der Waals surface area contributed by atoms with Crippen molar-refractivity contribution in [2.75, 3.05) is 6.54 Å². The molecule has 1 amide bonds. The topological polar surface area (TPSA) is 91.3 Å². The zero-order valence-corrected chi connectivity index (χ0v) is 17.3. The van der Waals surface area contributed by atoms with Crippen LogP contribution in [0.25, 0.3) is 11.6 Å². The molecule has 1 saturated carbocycles. The van der Waals surface area contributed by atoms with Crippen LogP contribution in [-0.4, -0.2) is 26.8 Å². The zero-order valence-electron chi connectivity index (χ0n) is 17.3. The summed E-state index contributed by atoms with van der Waals surface area (Å²) in [5.74, 6) is 1.92. The van der Waals surface area contributed by atoms with Crippen LogP contribution in [0.3, 0.4) is 0 Å². The van der Waals surface area contributed by atoms with Gasteiger partial charge in [0.15, 0.2) is 5.76 Å². The van der Waals surface area contributed by atoms with Crippen LogP contribution in [-0.2, 0) is 6.54 Å². The van der Waals surface area contributed by atoms with E-state index in [1.165, 1.54) is 4.68 Å². The number of amides is 1. The maximum absolute atomic E-state index is 12.9. The fraction of sp³-hybridized carbons (Fsp3) is 0.208. The lowest BCUT2D eigenvalue weighted by atomic mass is 10.2. The predicted octanol–water partition coefficient (Wildman–Crippen LogP) is 3.86. The number of carbonyl (C=O) groups excluding carboxylic acids is 1. The predicted molar refractivity (Wildman–Crippen MR) is 118 cm³/mol. The van der Waals surface area contributed by atoms with Crippen molar-refractivity contribution in [1.82, 2.24) is 19.7 Å². The molecule has 1 aliphatic rings. The van der Waals surface area contributed by atoms with Gasteiger partial charge >= 0.3 is 5.69 Å². The first-order valence-electron chi connectivity index (χ1n) is 10.5. The third kappa shape index (κ3) is 4.07. The van der Waals surface area contributed by atoms with Gasteiger partial charge in [-0.3, -0.25) is 9.36 Å². The zero-order chi connectivity index (χ0) is 21.9. The standard InChI is InChI=1S/C24H22N4O4/c29-23(19-9-4-5-10-20(19)32-18-7-2-1-3-8-18)25-14-15-27-24(30)28(17-12-13-17)22(26-27)21-11-6-16-31-21/h1-11,16-17H,12-15H2,(H,25,29). The molecule has 2 aromatic carbocycles. The molecule has 2 aromatic heterocycles. The van der Waals surface area contributed by atoms with Crippen LogP contribution in [0, 0.1) is 0 Å². The number of furan rings is 1. The Labute approximate surface area is 184 Å². The van der Waals surface area contributed by atoms with Crippen LogP contribution in [0.15, 0.2) is 82.2 Å². The summed E-state index contributed by atoms with van der Waals surface area (Å²) < 4.78 is 14.4. The van der Waals surface area contributed by atoms with E-state index in [4.69, 9.17) is 9.15 Å². The third-order valence-corrected chi connectivity index (χ3v) is 5.24. The summed E-state index contributed by atoms with van der Waals surface area (Å²) in [6.07, 6.45) is 3.47. The second-order valence-corrected chi connectivity index (χ2v) is 7.57. The number of nitrogens with one attached hydrogen (secondary N) is 1. The molecule has 2 heterocycles. The minimum Gasteiger partial charge on any atom is -0.461 e. The lowest BCUT2D eigenvalue weighted by Gasteiger charge is -2.11. The molecule has 0 saturated heterocycles. The first-order chi connectivity index (χ1) is 15.7. The molecule has 8 nitrogen and oxygen atoms in total. The number of ether oxygens (including phenoxy) is 1. The van der Waals surface area contributed by atoms with Crippen molar-refractivity contribution < 1.29 is 13.9 Å². The molecule has 0 bridgehead atoms. The van der Waals surface area contributed by atoms with E-state index in [-0.39, 0.29) is 30.7 Å². The van der Waals surface area contributed by atoms with Crippen molar-refractivity contribution in [2.45, 2.75) is 25.4 Å². The van der Waals surface area contributed by atoms with Gasteiger partial charge in [0.2, 0.25) is 5.82 Å². The van der Waals surface area contributed by atoms with Gasteiger partial charge in [-0.25, -0.2) is 9.48 Å². The van der Waals surface area contributed by atoms with Crippen LogP contribution in [0.1, 0.15) is 29.2 Å². The van der Waals surface area contributed by atoms with Gasteiger partial charge in [-0.1, -0.05) is 30.3 Å². The van der Waals surface area contributed by atoms with Crippen molar-refractivity contribution in [2.24, 2.45) is 0 Å². The Bertz CT molecular complexity index is 1270. The van der Waals surface area contributed by atoms with Crippen molar-refractivity contribution >= 4 is 5.91 Å². The molecule has 1 N–H and O–H groups in total. The van der Waals surface area contributed by atoms with Crippen LogP contribution >= 0.6 is 0 Å². The maximum atomic E-state index is 12.9. The number of aromatic nitrogens is 3. The Morgan fingerprint density at radius 2 is 1.84 bits per heavy atom. The molecule has 8 heteroatoms. The number of benzene rings is 2. The third-order valence-electron chi connectivity index (χ3n) is 5.24. The van der Waals surface area contributed by atoms with E-state index >= 15 is 0 Å². The number of hydrogen-bond donors (Lipinski definition) is 1. The van der Waals surface area contributed by atoms with Crippen molar-refractivity contribution in [3.63, 3.8) is 0 Å².